The second-order valence-corrected chi connectivity index (χ2v) is 5.79. The first-order valence-electron chi connectivity index (χ1n) is 7.50. The molecule has 0 aliphatic carbocycles. The maximum atomic E-state index is 12.4. The van der Waals surface area contributed by atoms with E-state index in [-0.39, 0.29) is 5.91 Å². The number of benzene rings is 1. The van der Waals surface area contributed by atoms with Gasteiger partial charge in [0.1, 0.15) is 0 Å². The molecule has 0 saturated carbocycles. The van der Waals surface area contributed by atoms with E-state index < -0.39 is 0 Å². The number of hydrogen-bond donors (Lipinski definition) is 1. The summed E-state index contributed by atoms with van der Waals surface area (Å²) in [7, 11) is 0. The topological polar surface area (TPSA) is 54.5 Å². The van der Waals surface area contributed by atoms with Gasteiger partial charge in [0.2, 0.25) is 0 Å². The summed E-state index contributed by atoms with van der Waals surface area (Å²) < 4.78 is 5.38. The van der Waals surface area contributed by atoms with Gasteiger partial charge in [0.25, 0.3) is 5.91 Å². The number of anilines is 2. The standard InChI is InChI=1S/C17H18ClN3O2/c1-12-5-6-13(11-19-12)17(22)20-15-4-2-3-14(18)16(15)21-7-9-23-10-8-21/h2-6,11H,7-10H2,1H3,(H,20,22). The number of aryl methyl sites for hydroxylation is 1. The van der Waals surface area contributed by atoms with E-state index in [1.54, 1.807) is 12.3 Å². The third-order valence-corrected chi connectivity index (χ3v) is 4.04. The number of rotatable bonds is 3. The quantitative estimate of drug-likeness (QED) is 0.938. The molecule has 1 aromatic heterocycles. The van der Waals surface area contributed by atoms with Crippen molar-refractivity contribution in [2.45, 2.75) is 6.92 Å². The summed E-state index contributed by atoms with van der Waals surface area (Å²) in [5, 5.41) is 3.56. The number of halogens is 1. The Bertz CT molecular complexity index is 697. The SMILES string of the molecule is Cc1ccc(C(=O)Nc2cccc(Cl)c2N2CCOCC2)cn1. The van der Waals surface area contributed by atoms with E-state index in [0.29, 0.717) is 29.5 Å². The molecule has 1 aliphatic heterocycles. The normalized spacial score (nSPS) is 14.6. The molecule has 0 bridgehead atoms. The van der Waals surface area contributed by atoms with Crippen LogP contribution >= 0.6 is 11.6 Å². The van der Waals surface area contributed by atoms with Gasteiger partial charge in [0.15, 0.2) is 0 Å². The fourth-order valence-corrected chi connectivity index (χ4v) is 2.82. The smallest absolute Gasteiger partial charge is 0.257 e. The molecule has 1 amide bonds. The lowest BCUT2D eigenvalue weighted by Gasteiger charge is -2.31. The Balaban J connectivity index is 1.86. The fraction of sp³-hybridized carbons (Fsp3) is 0.294. The van der Waals surface area contributed by atoms with Gasteiger partial charge in [-0.05, 0) is 31.2 Å². The zero-order valence-electron chi connectivity index (χ0n) is 12.9. The van der Waals surface area contributed by atoms with Gasteiger partial charge in [-0.1, -0.05) is 17.7 Å². The molecule has 1 aliphatic rings. The van der Waals surface area contributed by atoms with Crippen LogP contribution in [0.25, 0.3) is 0 Å². The van der Waals surface area contributed by atoms with Gasteiger partial charge in [0, 0.05) is 25.0 Å². The number of aromatic nitrogens is 1. The summed E-state index contributed by atoms with van der Waals surface area (Å²) >= 11 is 6.37. The number of carbonyl (C=O) groups is 1. The first kappa shape index (κ1) is 15.8. The molecule has 120 valence electrons. The molecule has 0 atom stereocenters. The Morgan fingerprint density at radius 3 is 2.74 bits per heavy atom. The first-order chi connectivity index (χ1) is 11.1. The highest BCUT2D eigenvalue weighted by Gasteiger charge is 2.19. The third kappa shape index (κ3) is 3.63. The number of nitrogens with one attached hydrogen (secondary N) is 1. The Labute approximate surface area is 140 Å². The van der Waals surface area contributed by atoms with Crippen molar-refractivity contribution < 1.29 is 9.53 Å². The Morgan fingerprint density at radius 1 is 1.26 bits per heavy atom. The molecule has 0 unspecified atom stereocenters. The van der Waals surface area contributed by atoms with Crippen molar-refractivity contribution >= 4 is 28.9 Å². The number of pyridine rings is 1. The van der Waals surface area contributed by atoms with Crippen LogP contribution in [0.1, 0.15) is 16.1 Å². The number of amides is 1. The predicted octanol–water partition coefficient (Wildman–Crippen LogP) is 3.13. The second-order valence-electron chi connectivity index (χ2n) is 5.38. The highest BCUT2D eigenvalue weighted by Crippen LogP contribution is 2.34. The van der Waals surface area contributed by atoms with Crippen molar-refractivity contribution in [2.24, 2.45) is 0 Å². The van der Waals surface area contributed by atoms with Crippen LogP contribution in [0.5, 0.6) is 0 Å². The minimum absolute atomic E-state index is 0.200. The molecule has 3 rings (SSSR count). The molecule has 5 nitrogen and oxygen atoms in total. The second kappa shape index (κ2) is 6.98. The lowest BCUT2D eigenvalue weighted by atomic mass is 10.2. The average Bonchev–Trinajstić information content (AvgIpc) is 2.56. The van der Waals surface area contributed by atoms with Gasteiger partial charge in [-0.15, -0.1) is 0 Å². The van der Waals surface area contributed by atoms with Crippen LogP contribution in [0.3, 0.4) is 0 Å². The van der Waals surface area contributed by atoms with Crippen LogP contribution in [0, 0.1) is 6.92 Å². The van der Waals surface area contributed by atoms with Crippen molar-refractivity contribution in [1.29, 1.82) is 0 Å². The lowest BCUT2D eigenvalue weighted by molar-refractivity contribution is 0.102. The molecule has 1 aromatic carbocycles. The van der Waals surface area contributed by atoms with E-state index in [1.165, 1.54) is 0 Å². The number of hydrogen-bond acceptors (Lipinski definition) is 4. The number of ether oxygens (including phenoxy) is 1. The molecule has 0 spiro atoms. The molecule has 0 radical (unpaired) electrons. The summed E-state index contributed by atoms with van der Waals surface area (Å²) in [4.78, 5) is 18.7. The van der Waals surface area contributed by atoms with E-state index in [0.717, 1.165) is 24.5 Å². The summed E-state index contributed by atoms with van der Waals surface area (Å²) in [6, 6.07) is 9.09. The zero-order valence-corrected chi connectivity index (χ0v) is 13.6. The van der Waals surface area contributed by atoms with Gasteiger partial charge in [-0.3, -0.25) is 9.78 Å². The molecular weight excluding hydrogens is 314 g/mol. The number of carbonyl (C=O) groups excluding carboxylic acids is 1. The van der Waals surface area contributed by atoms with Crippen LogP contribution < -0.4 is 10.2 Å². The van der Waals surface area contributed by atoms with Gasteiger partial charge in [-0.25, -0.2) is 0 Å². The van der Waals surface area contributed by atoms with Crippen molar-refractivity contribution in [2.75, 3.05) is 36.5 Å². The van der Waals surface area contributed by atoms with Crippen LogP contribution in [-0.4, -0.2) is 37.2 Å². The van der Waals surface area contributed by atoms with Crippen molar-refractivity contribution in [3.8, 4) is 0 Å². The maximum absolute atomic E-state index is 12.4. The highest BCUT2D eigenvalue weighted by molar-refractivity contribution is 6.34. The predicted molar refractivity (Wildman–Crippen MR) is 91.4 cm³/mol. The largest absolute Gasteiger partial charge is 0.378 e. The Kier molecular flexibility index (Phi) is 4.79. The van der Waals surface area contributed by atoms with Crippen molar-refractivity contribution in [3.05, 3.63) is 52.8 Å². The van der Waals surface area contributed by atoms with Crippen molar-refractivity contribution in [3.63, 3.8) is 0 Å². The molecule has 1 fully saturated rings. The van der Waals surface area contributed by atoms with Gasteiger partial charge in [-0.2, -0.15) is 0 Å². The van der Waals surface area contributed by atoms with E-state index >= 15 is 0 Å². The molecule has 6 heteroatoms. The van der Waals surface area contributed by atoms with Crippen LogP contribution in [0.2, 0.25) is 5.02 Å². The molecular formula is C17H18ClN3O2. The van der Waals surface area contributed by atoms with E-state index in [9.17, 15) is 4.79 Å². The number of para-hydroxylation sites is 1. The molecule has 1 saturated heterocycles. The van der Waals surface area contributed by atoms with E-state index in [1.807, 2.05) is 31.2 Å². The first-order valence-corrected chi connectivity index (χ1v) is 7.88. The van der Waals surface area contributed by atoms with Crippen LogP contribution in [0.4, 0.5) is 11.4 Å². The van der Waals surface area contributed by atoms with Crippen LogP contribution in [0.15, 0.2) is 36.5 Å². The maximum Gasteiger partial charge on any atom is 0.257 e. The van der Waals surface area contributed by atoms with E-state index in [2.05, 4.69) is 15.2 Å². The molecule has 1 N–H and O–H groups in total. The summed E-state index contributed by atoms with van der Waals surface area (Å²) in [6.45, 7) is 4.69. The number of morpholine rings is 1. The van der Waals surface area contributed by atoms with Crippen molar-refractivity contribution in [1.82, 2.24) is 4.98 Å². The third-order valence-electron chi connectivity index (χ3n) is 3.74. The van der Waals surface area contributed by atoms with E-state index in [4.69, 9.17) is 16.3 Å². The van der Waals surface area contributed by atoms with Gasteiger partial charge < -0.3 is 15.0 Å². The molecule has 2 aromatic rings. The average molecular weight is 332 g/mol. The Morgan fingerprint density at radius 2 is 2.04 bits per heavy atom. The molecule has 2 heterocycles. The van der Waals surface area contributed by atoms with Crippen LogP contribution in [-0.2, 0) is 4.74 Å². The summed E-state index contributed by atoms with van der Waals surface area (Å²) in [5.41, 5.74) is 2.93. The zero-order chi connectivity index (χ0) is 16.2. The molecule has 23 heavy (non-hydrogen) atoms. The fourth-order valence-electron chi connectivity index (χ4n) is 2.52. The Hall–Kier alpha value is -2.11. The minimum Gasteiger partial charge on any atom is -0.378 e. The lowest BCUT2D eigenvalue weighted by Crippen LogP contribution is -2.37. The number of nitrogens with zero attached hydrogens (tertiary/aromatic N) is 2. The summed E-state index contributed by atoms with van der Waals surface area (Å²) in [5.74, 6) is -0.200. The monoisotopic (exact) mass is 331 g/mol. The minimum atomic E-state index is -0.200. The van der Waals surface area contributed by atoms with Gasteiger partial charge >= 0.3 is 0 Å². The highest BCUT2D eigenvalue weighted by atomic mass is 35.5. The summed E-state index contributed by atoms with van der Waals surface area (Å²) in [6.07, 6.45) is 1.57. The van der Waals surface area contributed by atoms with Gasteiger partial charge in [0.05, 0.1) is 35.2 Å².